The fourth-order valence-electron chi connectivity index (χ4n) is 11.3. The summed E-state index contributed by atoms with van der Waals surface area (Å²) in [6.45, 7) is 0. The van der Waals surface area contributed by atoms with E-state index in [0.29, 0.717) is 0 Å². The van der Waals surface area contributed by atoms with Crippen LogP contribution in [0.25, 0.3) is 121 Å². The molecule has 4 aromatic heterocycles. The van der Waals surface area contributed by atoms with Gasteiger partial charge in [-0.15, -0.1) is 0 Å². The topological polar surface area (TPSA) is 39.4 Å². The van der Waals surface area contributed by atoms with Crippen molar-refractivity contribution < 1.29 is 8.83 Å². The fourth-order valence-corrected chi connectivity index (χ4v) is 11.3. The molecule has 11 aromatic carbocycles. The lowest BCUT2D eigenvalue weighted by Crippen LogP contribution is -2.10. The molecule has 0 aliphatic carbocycles. The minimum atomic E-state index is 0.895. The number of furan rings is 2. The van der Waals surface area contributed by atoms with E-state index in [-0.39, 0.29) is 0 Å². The van der Waals surface area contributed by atoms with Crippen LogP contribution in [0.1, 0.15) is 0 Å². The van der Waals surface area contributed by atoms with Crippen molar-refractivity contribution >= 4 is 105 Å². The van der Waals surface area contributed by atoms with Gasteiger partial charge < -0.3 is 22.9 Å². The Bertz CT molecular complexity index is 4540. The Morgan fingerprint density at radius 3 is 1.34 bits per heavy atom. The van der Waals surface area contributed by atoms with E-state index in [4.69, 9.17) is 8.83 Å². The molecule has 0 unspecified atom stereocenters. The molecule has 0 saturated heterocycles. The van der Waals surface area contributed by atoms with Crippen LogP contribution in [-0.4, -0.2) is 9.13 Å². The van der Waals surface area contributed by atoms with Gasteiger partial charge in [-0.25, -0.2) is 0 Å². The molecule has 0 radical (unpaired) electrons. The number of fused-ring (bicyclic) bond motifs is 14. The number of aromatic nitrogens is 2. The number of hydrogen-bond acceptors (Lipinski definition) is 3. The maximum absolute atomic E-state index is 7.28. The summed E-state index contributed by atoms with van der Waals surface area (Å²) in [7, 11) is 0. The highest BCUT2D eigenvalue weighted by Crippen LogP contribution is 2.46. The lowest BCUT2D eigenvalue weighted by Gasteiger charge is -2.26. The first-order valence-corrected chi connectivity index (χ1v) is 24.2. The number of benzene rings is 11. The van der Waals surface area contributed by atoms with E-state index in [1.54, 1.807) is 0 Å². The van der Waals surface area contributed by atoms with E-state index in [1.165, 1.54) is 11.1 Å². The molecular weight excluding hydrogens is 867 g/mol. The van der Waals surface area contributed by atoms with E-state index >= 15 is 0 Å². The van der Waals surface area contributed by atoms with Crippen LogP contribution in [0.5, 0.6) is 0 Å². The Labute approximate surface area is 407 Å². The predicted octanol–water partition coefficient (Wildman–Crippen LogP) is 18.5. The van der Waals surface area contributed by atoms with Gasteiger partial charge in [0.05, 0.1) is 32.8 Å². The Balaban J connectivity index is 0.850. The van der Waals surface area contributed by atoms with Crippen molar-refractivity contribution in [2.45, 2.75) is 0 Å². The standard InChI is InChI=1S/C66H41N3O2/c1-3-14-42(15-4-1)43-26-30-46(31-27-43)67(45-16-5-2-6-17-45)47-34-36-49(37-35-47)69-58-24-11-8-20-56(58)63-60(69)41-39-54-53-38-40-59-62(65(53)71-66(54)63)55-19-7-10-23-57(55)68(59)48-32-28-44(29-33-48)50-21-13-22-52-51-18-9-12-25-61(51)70-64(50)52/h1-41H. The van der Waals surface area contributed by atoms with Crippen molar-refractivity contribution in [2.75, 3.05) is 4.90 Å². The summed E-state index contributed by atoms with van der Waals surface area (Å²) in [6, 6.07) is 88.9. The molecule has 5 nitrogen and oxygen atoms in total. The summed E-state index contributed by atoms with van der Waals surface area (Å²) >= 11 is 0. The van der Waals surface area contributed by atoms with Crippen molar-refractivity contribution in [3.63, 3.8) is 0 Å². The van der Waals surface area contributed by atoms with Gasteiger partial charge in [0.2, 0.25) is 0 Å². The number of hydrogen-bond donors (Lipinski definition) is 0. The van der Waals surface area contributed by atoms with Crippen LogP contribution in [0.3, 0.4) is 0 Å². The maximum Gasteiger partial charge on any atom is 0.145 e. The average Bonchev–Trinajstić information content (AvgIpc) is 4.20. The third-order valence-corrected chi connectivity index (χ3v) is 14.5. The van der Waals surface area contributed by atoms with E-state index in [2.05, 4.69) is 251 Å². The van der Waals surface area contributed by atoms with E-state index in [1.807, 2.05) is 12.1 Å². The first-order valence-electron chi connectivity index (χ1n) is 24.2. The van der Waals surface area contributed by atoms with Crippen LogP contribution >= 0.6 is 0 Å². The zero-order valence-electron chi connectivity index (χ0n) is 38.3. The van der Waals surface area contributed by atoms with Crippen LogP contribution in [0.4, 0.5) is 17.1 Å². The monoisotopic (exact) mass is 907 g/mol. The highest BCUT2D eigenvalue weighted by molar-refractivity contribution is 6.29. The molecule has 0 bridgehead atoms. The van der Waals surface area contributed by atoms with Crippen molar-refractivity contribution in [3.8, 4) is 33.6 Å². The second-order valence-corrected chi connectivity index (χ2v) is 18.4. The second-order valence-electron chi connectivity index (χ2n) is 18.4. The van der Waals surface area contributed by atoms with Gasteiger partial charge in [-0.2, -0.15) is 0 Å². The van der Waals surface area contributed by atoms with Gasteiger partial charge in [-0.1, -0.05) is 146 Å². The molecule has 0 N–H and O–H groups in total. The molecule has 5 heteroatoms. The summed E-state index contributed by atoms with van der Waals surface area (Å²) in [6.07, 6.45) is 0. The van der Waals surface area contributed by atoms with E-state index < -0.39 is 0 Å². The van der Waals surface area contributed by atoms with Crippen molar-refractivity contribution in [1.29, 1.82) is 0 Å². The van der Waals surface area contributed by atoms with Gasteiger partial charge in [0.1, 0.15) is 22.3 Å². The third kappa shape index (κ3) is 6.00. The zero-order valence-corrected chi connectivity index (χ0v) is 38.3. The minimum absolute atomic E-state index is 0.895. The van der Waals surface area contributed by atoms with Crippen LogP contribution < -0.4 is 4.90 Å². The summed E-state index contributed by atoms with van der Waals surface area (Å²) < 4.78 is 18.5. The van der Waals surface area contributed by atoms with Gasteiger partial charge >= 0.3 is 0 Å². The van der Waals surface area contributed by atoms with Crippen molar-refractivity contribution in [1.82, 2.24) is 9.13 Å². The van der Waals surface area contributed by atoms with Gasteiger partial charge in [0.25, 0.3) is 0 Å². The van der Waals surface area contributed by atoms with Gasteiger partial charge in [0.15, 0.2) is 0 Å². The molecule has 71 heavy (non-hydrogen) atoms. The Kier molecular flexibility index (Phi) is 8.59. The zero-order chi connectivity index (χ0) is 46.6. The van der Waals surface area contributed by atoms with E-state index in [0.717, 1.165) is 127 Å². The van der Waals surface area contributed by atoms with Crippen molar-refractivity contribution in [3.05, 3.63) is 249 Å². The molecule has 0 fully saturated rings. The quantitative estimate of drug-likeness (QED) is 0.160. The predicted molar refractivity (Wildman–Crippen MR) is 295 cm³/mol. The largest absolute Gasteiger partial charge is 0.455 e. The molecule has 15 aromatic rings. The lowest BCUT2D eigenvalue weighted by atomic mass is 10.0. The summed E-state index contributed by atoms with van der Waals surface area (Å²) in [5, 5.41) is 8.98. The van der Waals surface area contributed by atoms with Gasteiger partial charge in [0, 0.05) is 66.3 Å². The lowest BCUT2D eigenvalue weighted by molar-refractivity contribution is 0.670. The summed E-state index contributed by atoms with van der Waals surface area (Å²) in [5.41, 5.74) is 18.1. The fraction of sp³-hybridized carbons (Fsp3) is 0. The Morgan fingerprint density at radius 2 is 0.718 bits per heavy atom. The highest BCUT2D eigenvalue weighted by Gasteiger charge is 2.23. The maximum atomic E-state index is 7.28. The molecule has 4 heterocycles. The number of anilines is 3. The first-order chi connectivity index (χ1) is 35.2. The van der Waals surface area contributed by atoms with Gasteiger partial charge in [-0.05, 0) is 120 Å². The van der Waals surface area contributed by atoms with Crippen LogP contribution in [0.15, 0.2) is 258 Å². The normalized spacial score (nSPS) is 11.9. The Morgan fingerprint density at radius 1 is 0.268 bits per heavy atom. The molecule has 0 saturated carbocycles. The van der Waals surface area contributed by atoms with Crippen LogP contribution in [0.2, 0.25) is 0 Å². The molecule has 332 valence electrons. The van der Waals surface area contributed by atoms with Crippen LogP contribution in [0, 0.1) is 0 Å². The van der Waals surface area contributed by atoms with E-state index in [9.17, 15) is 0 Å². The number of rotatable bonds is 7. The third-order valence-electron chi connectivity index (χ3n) is 14.5. The molecular formula is C66H41N3O2. The molecule has 0 aliphatic heterocycles. The molecule has 15 rings (SSSR count). The highest BCUT2D eigenvalue weighted by atomic mass is 16.3. The number of nitrogens with zero attached hydrogens (tertiary/aromatic N) is 3. The molecule has 0 atom stereocenters. The SMILES string of the molecule is c1ccc(-c2ccc(N(c3ccccc3)c3ccc(-n4c5ccccc5c5c6oc7c(ccc8c7c7ccccc7n8-c7ccc(-c8cccc9c8oc8ccccc89)cc7)c6ccc54)cc3)cc2)cc1. The smallest absolute Gasteiger partial charge is 0.145 e. The molecule has 0 aliphatic rings. The number of para-hydroxylation sites is 5. The summed E-state index contributed by atoms with van der Waals surface area (Å²) in [5.74, 6) is 0. The molecule has 0 amide bonds. The first kappa shape index (κ1) is 39.4. The summed E-state index contributed by atoms with van der Waals surface area (Å²) in [4.78, 5) is 2.32. The molecule has 0 spiro atoms. The van der Waals surface area contributed by atoms with Gasteiger partial charge in [-0.3, -0.25) is 0 Å². The second kappa shape index (κ2) is 15.5. The minimum Gasteiger partial charge on any atom is -0.455 e. The average molecular weight is 908 g/mol. The van der Waals surface area contributed by atoms with Crippen LogP contribution in [-0.2, 0) is 0 Å². The van der Waals surface area contributed by atoms with Crippen molar-refractivity contribution in [2.24, 2.45) is 0 Å². The Hall–Kier alpha value is -9.58.